The number of aromatic nitrogens is 1. The van der Waals surface area contributed by atoms with E-state index in [0.29, 0.717) is 12.3 Å². The van der Waals surface area contributed by atoms with E-state index >= 15 is 0 Å². The SMILES string of the molecule is O[C@H](CNCc1cccs1)COc1cccc(-c2noc3ccsc23)c1. The van der Waals surface area contributed by atoms with Gasteiger partial charge in [-0.15, -0.1) is 22.7 Å². The highest BCUT2D eigenvalue weighted by Gasteiger charge is 2.12. The third-order valence-electron chi connectivity index (χ3n) is 3.89. The Morgan fingerprint density at radius 1 is 1.15 bits per heavy atom. The van der Waals surface area contributed by atoms with E-state index in [4.69, 9.17) is 9.26 Å². The van der Waals surface area contributed by atoms with E-state index in [1.54, 1.807) is 22.7 Å². The summed E-state index contributed by atoms with van der Waals surface area (Å²) in [6.45, 7) is 1.47. The lowest BCUT2D eigenvalue weighted by molar-refractivity contribution is 0.106. The molecule has 0 aliphatic rings. The number of ether oxygens (including phenoxy) is 1. The van der Waals surface area contributed by atoms with Crippen LogP contribution < -0.4 is 10.1 Å². The second-order valence-corrected chi connectivity index (χ2v) is 7.80. The molecular formula is C19H18N2O3S2. The molecule has 4 aromatic rings. The van der Waals surface area contributed by atoms with Gasteiger partial charge in [-0.25, -0.2) is 0 Å². The van der Waals surface area contributed by atoms with Crippen LogP contribution in [-0.4, -0.2) is 29.5 Å². The summed E-state index contributed by atoms with van der Waals surface area (Å²) in [5, 5.41) is 21.5. The molecule has 26 heavy (non-hydrogen) atoms. The third-order valence-corrected chi connectivity index (χ3v) is 5.67. The van der Waals surface area contributed by atoms with Crippen molar-refractivity contribution in [3.63, 3.8) is 0 Å². The first-order valence-electron chi connectivity index (χ1n) is 8.27. The molecule has 7 heteroatoms. The minimum Gasteiger partial charge on any atom is -0.491 e. The molecule has 0 unspecified atom stereocenters. The Hall–Kier alpha value is -2.19. The molecule has 1 aromatic carbocycles. The molecule has 1 atom stereocenters. The van der Waals surface area contributed by atoms with E-state index < -0.39 is 6.10 Å². The number of nitrogens with zero attached hydrogens (tertiary/aromatic N) is 1. The lowest BCUT2D eigenvalue weighted by Crippen LogP contribution is -2.30. The van der Waals surface area contributed by atoms with Crippen molar-refractivity contribution in [1.82, 2.24) is 10.5 Å². The second-order valence-electron chi connectivity index (χ2n) is 5.85. The van der Waals surface area contributed by atoms with Gasteiger partial charge >= 0.3 is 0 Å². The highest BCUT2D eigenvalue weighted by atomic mass is 32.1. The van der Waals surface area contributed by atoms with E-state index in [9.17, 15) is 5.11 Å². The normalized spacial score (nSPS) is 12.5. The van der Waals surface area contributed by atoms with Crippen molar-refractivity contribution in [2.75, 3.05) is 13.2 Å². The van der Waals surface area contributed by atoms with Gasteiger partial charge in [0.1, 0.15) is 28.9 Å². The van der Waals surface area contributed by atoms with Gasteiger partial charge in [0.25, 0.3) is 0 Å². The Labute approximate surface area is 158 Å². The molecule has 0 aliphatic carbocycles. The van der Waals surface area contributed by atoms with E-state index in [1.807, 2.05) is 47.2 Å². The highest BCUT2D eigenvalue weighted by Crippen LogP contribution is 2.33. The number of nitrogens with one attached hydrogen (secondary N) is 1. The molecule has 0 bridgehead atoms. The van der Waals surface area contributed by atoms with Crippen LogP contribution in [-0.2, 0) is 6.54 Å². The Morgan fingerprint density at radius 3 is 3.00 bits per heavy atom. The van der Waals surface area contributed by atoms with Crippen LogP contribution in [0.15, 0.2) is 57.7 Å². The smallest absolute Gasteiger partial charge is 0.178 e. The topological polar surface area (TPSA) is 67.5 Å². The molecule has 3 aromatic heterocycles. The average molecular weight is 386 g/mol. The molecule has 2 N–H and O–H groups in total. The van der Waals surface area contributed by atoms with Gasteiger partial charge in [0.15, 0.2) is 5.58 Å². The third kappa shape index (κ3) is 3.96. The van der Waals surface area contributed by atoms with E-state index in [1.165, 1.54) is 4.88 Å². The van der Waals surface area contributed by atoms with E-state index in [-0.39, 0.29) is 6.61 Å². The van der Waals surface area contributed by atoms with Crippen LogP contribution in [0.2, 0.25) is 0 Å². The maximum atomic E-state index is 10.1. The van der Waals surface area contributed by atoms with Crippen molar-refractivity contribution in [2.24, 2.45) is 0 Å². The molecule has 3 heterocycles. The lowest BCUT2D eigenvalue weighted by Gasteiger charge is -2.13. The molecule has 4 rings (SSSR count). The van der Waals surface area contributed by atoms with Gasteiger partial charge in [0.05, 0.1) is 0 Å². The highest BCUT2D eigenvalue weighted by molar-refractivity contribution is 7.17. The number of fused-ring (bicyclic) bond motifs is 1. The number of hydrogen-bond donors (Lipinski definition) is 2. The van der Waals surface area contributed by atoms with Gasteiger partial charge in [0, 0.05) is 23.5 Å². The molecule has 0 radical (unpaired) electrons. The first kappa shape index (κ1) is 17.2. The predicted molar refractivity (Wildman–Crippen MR) is 105 cm³/mol. The molecule has 0 saturated heterocycles. The largest absolute Gasteiger partial charge is 0.491 e. The predicted octanol–water partition coefficient (Wildman–Crippen LogP) is 4.15. The molecule has 5 nitrogen and oxygen atoms in total. The van der Waals surface area contributed by atoms with Crippen LogP contribution in [0.3, 0.4) is 0 Å². The van der Waals surface area contributed by atoms with Crippen molar-refractivity contribution >= 4 is 33.0 Å². The first-order valence-corrected chi connectivity index (χ1v) is 10.0. The van der Waals surface area contributed by atoms with Gasteiger partial charge in [-0.05, 0) is 35.0 Å². The fourth-order valence-corrected chi connectivity index (χ4v) is 4.11. The molecule has 0 aliphatic heterocycles. The fraction of sp³-hybridized carbons (Fsp3) is 0.211. The molecule has 0 spiro atoms. The van der Waals surface area contributed by atoms with Crippen LogP contribution in [0.5, 0.6) is 5.75 Å². The van der Waals surface area contributed by atoms with Crippen LogP contribution in [0, 0.1) is 0 Å². The number of aliphatic hydroxyl groups is 1. The summed E-state index contributed by atoms with van der Waals surface area (Å²) in [6.07, 6.45) is -0.574. The zero-order valence-corrected chi connectivity index (χ0v) is 15.6. The maximum Gasteiger partial charge on any atom is 0.178 e. The summed E-state index contributed by atoms with van der Waals surface area (Å²) in [7, 11) is 0. The quantitative estimate of drug-likeness (QED) is 0.476. The van der Waals surface area contributed by atoms with E-state index in [2.05, 4.69) is 16.5 Å². The zero-order valence-electron chi connectivity index (χ0n) is 13.9. The number of benzene rings is 1. The van der Waals surface area contributed by atoms with Crippen molar-refractivity contribution in [3.05, 3.63) is 58.1 Å². The number of aliphatic hydroxyl groups excluding tert-OH is 1. The Kier molecular flexibility index (Phi) is 5.31. The minimum absolute atomic E-state index is 0.230. The standard InChI is InChI=1S/C19H18N2O3S2/c22-14(10-20-11-16-5-2-7-25-16)12-23-15-4-1-3-13(9-15)18-19-17(24-21-18)6-8-26-19/h1-9,14,20,22H,10-12H2/t14-/m1/s1. The monoisotopic (exact) mass is 386 g/mol. The van der Waals surface area contributed by atoms with Crippen LogP contribution in [0.25, 0.3) is 21.5 Å². The Balaban J connectivity index is 1.33. The minimum atomic E-state index is -0.574. The van der Waals surface area contributed by atoms with Gasteiger partial charge < -0.3 is 19.7 Å². The number of thiophene rings is 2. The average Bonchev–Trinajstić information content (AvgIpc) is 3.38. The molecule has 0 fully saturated rings. The van der Waals surface area contributed by atoms with Crippen molar-refractivity contribution < 1.29 is 14.4 Å². The van der Waals surface area contributed by atoms with Crippen molar-refractivity contribution in [2.45, 2.75) is 12.6 Å². The zero-order chi connectivity index (χ0) is 17.8. The second kappa shape index (κ2) is 8.01. The maximum absolute atomic E-state index is 10.1. The summed E-state index contributed by atoms with van der Waals surface area (Å²) >= 11 is 3.30. The van der Waals surface area contributed by atoms with Crippen LogP contribution >= 0.6 is 22.7 Å². The summed E-state index contributed by atoms with van der Waals surface area (Å²) in [6, 6.07) is 13.7. The first-order chi connectivity index (χ1) is 12.8. The fourth-order valence-electron chi connectivity index (χ4n) is 2.62. The van der Waals surface area contributed by atoms with Crippen molar-refractivity contribution in [1.29, 1.82) is 0 Å². The lowest BCUT2D eigenvalue weighted by atomic mass is 10.1. The molecule has 0 saturated carbocycles. The van der Waals surface area contributed by atoms with Crippen molar-refractivity contribution in [3.8, 4) is 17.0 Å². The van der Waals surface area contributed by atoms with Gasteiger partial charge in [-0.3, -0.25) is 0 Å². The Bertz CT molecular complexity index is 962. The number of hydrogen-bond acceptors (Lipinski definition) is 7. The molecule has 134 valence electrons. The summed E-state index contributed by atoms with van der Waals surface area (Å²) in [5.74, 6) is 0.701. The summed E-state index contributed by atoms with van der Waals surface area (Å²) < 4.78 is 12.1. The summed E-state index contributed by atoms with van der Waals surface area (Å²) in [4.78, 5) is 1.25. The summed E-state index contributed by atoms with van der Waals surface area (Å²) in [5.41, 5.74) is 2.55. The molecular weight excluding hydrogens is 368 g/mol. The van der Waals surface area contributed by atoms with Gasteiger partial charge in [-0.2, -0.15) is 0 Å². The Morgan fingerprint density at radius 2 is 2.12 bits per heavy atom. The van der Waals surface area contributed by atoms with Crippen LogP contribution in [0.4, 0.5) is 0 Å². The van der Waals surface area contributed by atoms with Gasteiger partial charge in [-0.1, -0.05) is 23.4 Å². The number of rotatable bonds is 8. The van der Waals surface area contributed by atoms with Gasteiger partial charge in [0.2, 0.25) is 0 Å². The molecule has 0 amide bonds. The van der Waals surface area contributed by atoms with Crippen LogP contribution in [0.1, 0.15) is 4.88 Å². The van der Waals surface area contributed by atoms with E-state index in [0.717, 1.165) is 28.1 Å².